The summed E-state index contributed by atoms with van der Waals surface area (Å²) in [6.07, 6.45) is 5.65. The molecule has 2 amide bonds. The van der Waals surface area contributed by atoms with E-state index < -0.39 is 0 Å². The lowest BCUT2D eigenvalue weighted by molar-refractivity contribution is -0.121. The van der Waals surface area contributed by atoms with Crippen molar-refractivity contribution < 1.29 is 9.59 Å². The molecule has 5 rings (SSSR count). The van der Waals surface area contributed by atoms with Crippen LogP contribution in [0.2, 0.25) is 0 Å². The zero-order valence-corrected chi connectivity index (χ0v) is 21.7. The van der Waals surface area contributed by atoms with Crippen LogP contribution in [0.15, 0.2) is 113 Å². The standard InChI is InChI=1S/C32H28N6O2/c39-31(37-35-20-23-11-13-25-6-1-3-8-27(25)18-23)10-5-17-33-30-16-15-29(22-34-30)32(40)38-36-21-24-12-14-26-7-2-4-9-28(26)19-24/h1-4,6-9,11-16,18-22H,5,10,17H2,(H,33,34)(H,37,39)(H,38,40)/b35-20+,36-21+. The Morgan fingerprint density at radius 1 is 0.700 bits per heavy atom. The maximum atomic E-state index is 12.4. The van der Waals surface area contributed by atoms with Crippen LogP contribution in [0.4, 0.5) is 5.82 Å². The summed E-state index contributed by atoms with van der Waals surface area (Å²) in [6, 6.07) is 31.5. The normalized spacial score (nSPS) is 11.3. The molecule has 1 heterocycles. The minimum absolute atomic E-state index is 0.164. The average Bonchev–Trinajstić information content (AvgIpc) is 2.99. The van der Waals surface area contributed by atoms with Gasteiger partial charge in [-0.3, -0.25) is 9.59 Å². The van der Waals surface area contributed by atoms with Gasteiger partial charge in [0.2, 0.25) is 5.91 Å². The maximum Gasteiger partial charge on any atom is 0.272 e. The van der Waals surface area contributed by atoms with Gasteiger partial charge in [-0.05, 0) is 63.4 Å². The van der Waals surface area contributed by atoms with Gasteiger partial charge in [-0.2, -0.15) is 10.2 Å². The predicted molar refractivity (Wildman–Crippen MR) is 161 cm³/mol. The number of nitrogens with one attached hydrogen (secondary N) is 3. The Kier molecular flexibility index (Phi) is 8.48. The molecule has 40 heavy (non-hydrogen) atoms. The van der Waals surface area contributed by atoms with Gasteiger partial charge in [0.1, 0.15) is 5.82 Å². The van der Waals surface area contributed by atoms with Gasteiger partial charge in [-0.15, -0.1) is 0 Å². The summed E-state index contributed by atoms with van der Waals surface area (Å²) in [4.78, 5) is 28.7. The van der Waals surface area contributed by atoms with Gasteiger partial charge < -0.3 is 5.32 Å². The Balaban J connectivity index is 1.01. The van der Waals surface area contributed by atoms with Crippen LogP contribution < -0.4 is 16.2 Å². The molecule has 0 saturated heterocycles. The molecular formula is C32H28N6O2. The van der Waals surface area contributed by atoms with Gasteiger partial charge in [0.05, 0.1) is 18.0 Å². The number of carbonyl (C=O) groups excluding carboxylic acids is 2. The second-order valence-corrected chi connectivity index (χ2v) is 9.17. The largest absolute Gasteiger partial charge is 0.370 e. The number of hydrogen-bond acceptors (Lipinski definition) is 6. The first-order valence-corrected chi connectivity index (χ1v) is 13.0. The van der Waals surface area contributed by atoms with E-state index in [-0.39, 0.29) is 11.8 Å². The highest BCUT2D eigenvalue weighted by Crippen LogP contribution is 2.15. The number of rotatable bonds is 10. The monoisotopic (exact) mass is 528 g/mol. The number of aromatic nitrogens is 1. The first kappa shape index (κ1) is 26.2. The number of nitrogens with zero attached hydrogens (tertiary/aromatic N) is 3. The Morgan fingerprint density at radius 2 is 1.30 bits per heavy atom. The number of pyridine rings is 1. The van der Waals surface area contributed by atoms with Crippen molar-refractivity contribution in [3.63, 3.8) is 0 Å². The predicted octanol–water partition coefficient (Wildman–Crippen LogP) is 5.49. The molecule has 8 nitrogen and oxygen atoms in total. The van der Waals surface area contributed by atoms with Crippen molar-refractivity contribution in [2.24, 2.45) is 10.2 Å². The van der Waals surface area contributed by atoms with E-state index in [9.17, 15) is 9.59 Å². The fraction of sp³-hybridized carbons (Fsp3) is 0.0938. The third kappa shape index (κ3) is 7.14. The van der Waals surface area contributed by atoms with Crippen LogP contribution in [0.25, 0.3) is 21.5 Å². The van der Waals surface area contributed by atoms with E-state index in [0.29, 0.717) is 30.8 Å². The quantitative estimate of drug-likeness (QED) is 0.126. The SMILES string of the molecule is O=C(CCCNc1ccc(C(=O)N/N=C/c2ccc3ccccc3c2)cn1)N/N=C/c1ccc2ccccc2c1. The molecule has 3 N–H and O–H groups in total. The van der Waals surface area contributed by atoms with Crippen molar-refractivity contribution in [1.29, 1.82) is 0 Å². The smallest absolute Gasteiger partial charge is 0.272 e. The molecule has 0 atom stereocenters. The lowest BCUT2D eigenvalue weighted by Crippen LogP contribution is -2.19. The molecule has 4 aromatic carbocycles. The molecule has 0 bridgehead atoms. The Labute approximate surface area is 231 Å². The second-order valence-electron chi connectivity index (χ2n) is 9.17. The molecule has 0 saturated carbocycles. The number of carbonyl (C=O) groups is 2. The molecule has 0 fully saturated rings. The Bertz CT molecular complexity index is 1700. The fourth-order valence-electron chi connectivity index (χ4n) is 4.14. The first-order chi connectivity index (χ1) is 19.6. The lowest BCUT2D eigenvalue weighted by atomic mass is 10.1. The van der Waals surface area contributed by atoms with E-state index in [0.717, 1.165) is 32.7 Å². The Morgan fingerprint density at radius 3 is 1.90 bits per heavy atom. The number of hydrazone groups is 2. The van der Waals surface area contributed by atoms with Gasteiger partial charge in [-0.1, -0.05) is 72.8 Å². The van der Waals surface area contributed by atoms with Crippen molar-refractivity contribution in [2.75, 3.05) is 11.9 Å². The molecular weight excluding hydrogens is 500 g/mol. The van der Waals surface area contributed by atoms with Crippen molar-refractivity contribution in [2.45, 2.75) is 12.8 Å². The lowest BCUT2D eigenvalue weighted by Gasteiger charge is -2.06. The van der Waals surface area contributed by atoms with Crippen LogP contribution in [0.5, 0.6) is 0 Å². The molecule has 0 unspecified atom stereocenters. The molecule has 0 aliphatic carbocycles. The van der Waals surface area contributed by atoms with E-state index in [1.807, 2.05) is 78.9 Å². The fourth-order valence-corrected chi connectivity index (χ4v) is 4.14. The molecule has 8 heteroatoms. The van der Waals surface area contributed by atoms with E-state index in [1.54, 1.807) is 24.6 Å². The minimum Gasteiger partial charge on any atom is -0.370 e. The highest BCUT2D eigenvalue weighted by atomic mass is 16.2. The average molecular weight is 529 g/mol. The number of fused-ring (bicyclic) bond motifs is 2. The summed E-state index contributed by atoms with van der Waals surface area (Å²) >= 11 is 0. The molecule has 1 aromatic heterocycles. The van der Waals surface area contributed by atoms with Gasteiger partial charge in [-0.25, -0.2) is 15.8 Å². The summed E-state index contributed by atoms with van der Waals surface area (Å²) in [6.45, 7) is 0.552. The molecule has 5 aromatic rings. The van der Waals surface area contributed by atoms with Crippen LogP contribution in [0, 0.1) is 0 Å². The number of anilines is 1. The van der Waals surface area contributed by atoms with Crippen LogP contribution in [0.1, 0.15) is 34.3 Å². The summed E-state index contributed by atoms with van der Waals surface area (Å²) in [5, 5.41) is 15.8. The topological polar surface area (TPSA) is 108 Å². The van der Waals surface area contributed by atoms with Gasteiger partial charge in [0.15, 0.2) is 0 Å². The molecule has 0 aliphatic rings. The van der Waals surface area contributed by atoms with Crippen LogP contribution >= 0.6 is 0 Å². The maximum absolute atomic E-state index is 12.4. The van der Waals surface area contributed by atoms with Crippen molar-refractivity contribution >= 4 is 51.6 Å². The second kappa shape index (κ2) is 12.9. The molecule has 198 valence electrons. The van der Waals surface area contributed by atoms with Gasteiger partial charge >= 0.3 is 0 Å². The van der Waals surface area contributed by atoms with E-state index in [2.05, 4.69) is 37.4 Å². The first-order valence-electron chi connectivity index (χ1n) is 13.0. The van der Waals surface area contributed by atoms with Crippen LogP contribution in [-0.4, -0.2) is 35.8 Å². The molecule has 0 aliphatic heterocycles. The van der Waals surface area contributed by atoms with Crippen LogP contribution in [0.3, 0.4) is 0 Å². The van der Waals surface area contributed by atoms with Crippen molar-refractivity contribution in [3.8, 4) is 0 Å². The van der Waals surface area contributed by atoms with Crippen molar-refractivity contribution in [1.82, 2.24) is 15.8 Å². The van der Waals surface area contributed by atoms with Gasteiger partial charge in [0, 0.05) is 19.2 Å². The zero-order valence-electron chi connectivity index (χ0n) is 21.7. The molecule has 0 radical (unpaired) electrons. The summed E-state index contributed by atoms with van der Waals surface area (Å²) in [5.41, 5.74) is 7.29. The third-order valence-electron chi connectivity index (χ3n) is 6.24. The highest BCUT2D eigenvalue weighted by molar-refractivity contribution is 5.95. The highest BCUT2D eigenvalue weighted by Gasteiger charge is 2.06. The summed E-state index contributed by atoms with van der Waals surface area (Å²) < 4.78 is 0. The van der Waals surface area contributed by atoms with E-state index in [4.69, 9.17) is 0 Å². The molecule has 0 spiro atoms. The van der Waals surface area contributed by atoms with E-state index >= 15 is 0 Å². The Hall–Kier alpha value is -5.37. The number of benzene rings is 4. The minimum atomic E-state index is -0.350. The number of amides is 2. The third-order valence-corrected chi connectivity index (χ3v) is 6.24. The van der Waals surface area contributed by atoms with Crippen LogP contribution in [-0.2, 0) is 4.79 Å². The summed E-state index contributed by atoms with van der Waals surface area (Å²) in [7, 11) is 0. The van der Waals surface area contributed by atoms with Gasteiger partial charge in [0.25, 0.3) is 5.91 Å². The van der Waals surface area contributed by atoms with Crippen molar-refractivity contribution in [3.05, 3.63) is 120 Å². The summed E-state index contributed by atoms with van der Waals surface area (Å²) in [5.74, 6) is 0.103. The zero-order chi connectivity index (χ0) is 27.6. The van der Waals surface area contributed by atoms with E-state index in [1.165, 1.54) is 6.20 Å². The number of hydrogen-bond donors (Lipinski definition) is 3.